The highest BCUT2D eigenvalue weighted by Gasteiger charge is 2.23. The van der Waals surface area contributed by atoms with E-state index in [1.54, 1.807) is 24.3 Å². The summed E-state index contributed by atoms with van der Waals surface area (Å²) in [6, 6.07) is 7.03. The molecule has 0 aliphatic carbocycles. The minimum atomic E-state index is -0.917. The molecule has 4 heteroatoms. The lowest BCUT2D eigenvalue weighted by Gasteiger charge is -2.35. The molecule has 1 aromatic rings. The van der Waals surface area contributed by atoms with E-state index in [2.05, 4.69) is 39.6 Å². The van der Waals surface area contributed by atoms with Crippen molar-refractivity contribution in [3.05, 3.63) is 29.8 Å². The van der Waals surface area contributed by atoms with Gasteiger partial charge in [0.05, 0.1) is 12.2 Å². The van der Waals surface area contributed by atoms with Crippen molar-refractivity contribution in [2.75, 3.05) is 20.2 Å². The van der Waals surface area contributed by atoms with Crippen LogP contribution in [0, 0.1) is 5.41 Å². The van der Waals surface area contributed by atoms with Gasteiger partial charge in [-0.1, -0.05) is 20.8 Å². The summed E-state index contributed by atoms with van der Waals surface area (Å²) in [5, 5.41) is 8.82. The van der Waals surface area contributed by atoms with Gasteiger partial charge < -0.3 is 14.7 Å². The van der Waals surface area contributed by atoms with Crippen molar-refractivity contribution >= 4 is 5.97 Å². The summed E-state index contributed by atoms with van der Waals surface area (Å²) < 4.78 is 5.64. The lowest BCUT2D eigenvalue weighted by Crippen LogP contribution is -2.40. The minimum absolute atomic E-state index is 0.266. The first-order chi connectivity index (χ1) is 9.71. The van der Waals surface area contributed by atoms with E-state index in [0.717, 1.165) is 13.0 Å². The van der Waals surface area contributed by atoms with Gasteiger partial charge in [0.15, 0.2) is 0 Å². The van der Waals surface area contributed by atoms with Gasteiger partial charge in [0.1, 0.15) is 5.75 Å². The molecule has 4 nitrogen and oxygen atoms in total. The predicted molar refractivity (Wildman–Crippen MR) is 85.1 cm³/mol. The van der Waals surface area contributed by atoms with Gasteiger partial charge >= 0.3 is 5.97 Å². The van der Waals surface area contributed by atoms with Crippen molar-refractivity contribution in [1.29, 1.82) is 0 Å². The summed E-state index contributed by atoms with van der Waals surface area (Å²) in [6.07, 6.45) is 0.942. The lowest BCUT2D eigenvalue weighted by atomic mass is 9.87. The number of benzene rings is 1. The third-order valence-corrected chi connectivity index (χ3v) is 3.94. The summed E-state index contributed by atoms with van der Waals surface area (Å²) in [5.74, 6) is -0.203. The number of ether oxygens (including phenoxy) is 1. The standard InChI is InChI=1S/C17H27NO3/c1-13(17(2,3)4)18(5)11-6-12-21-15-9-7-14(8-10-15)16(19)20/h7-10,13H,6,11-12H2,1-5H3,(H,19,20). The highest BCUT2D eigenvalue weighted by molar-refractivity contribution is 5.87. The second-order valence-electron chi connectivity index (χ2n) is 6.55. The Hall–Kier alpha value is -1.55. The quantitative estimate of drug-likeness (QED) is 0.781. The summed E-state index contributed by atoms with van der Waals surface area (Å²) in [4.78, 5) is 13.1. The van der Waals surface area contributed by atoms with E-state index < -0.39 is 5.97 Å². The van der Waals surface area contributed by atoms with Crippen LogP contribution in [0.4, 0.5) is 0 Å². The van der Waals surface area contributed by atoms with E-state index in [-0.39, 0.29) is 11.0 Å². The van der Waals surface area contributed by atoms with Crippen molar-refractivity contribution in [2.45, 2.75) is 40.2 Å². The van der Waals surface area contributed by atoms with Crippen molar-refractivity contribution in [1.82, 2.24) is 4.90 Å². The summed E-state index contributed by atoms with van der Waals surface area (Å²) in [5.41, 5.74) is 0.545. The Morgan fingerprint density at radius 2 is 1.86 bits per heavy atom. The first kappa shape index (κ1) is 17.5. The normalized spacial score (nSPS) is 13.2. The molecule has 0 fully saturated rings. The van der Waals surface area contributed by atoms with Crippen LogP contribution in [0.5, 0.6) is 5.75 Å². The SMILES string of the molecule is CC(N(C)CCCOc1ccc(C(=O)O)cc1)C(C)(C)C. The third kappa shape index (κ3) is 5.76. The molecule has 0 amide bonds. The Labute approximate surface area is 127 Å². The largest absolute Gasteiger partial charge is 0.494 e. The van der Waals surface area contributed by atoms with Crippen LogP contribution in [0.25, 0.3) is 0 Å². The van der Waals surface area contributed by atoms with Gasteiger partial charge in [-0.2, -0.15) is 0 Å². The molecule has 0 radical (unpaired) electrons. The molecule has 0 heterocycles. The number of nitrogens with zero attached hydrogens (tertiary/aromatic N) is 1. The van der Waals surface area contributed by atoms with Gasteiger partial charge in [-0.05, 0) is 50.1 Å². The van der Waals surface area contributed by atoms with Gasteiger partial charge in [0.2, 0.25) is 0 Å². The van der Waals surface area contributed by atoms with E-state index in [1.165, 1.54) is 0 Å². The maximum Gasteiger partial charge on any atom is 0.335 e. The van der Waals surface area contributed by atoms with Crippen LogP contribution in [0.2, 0.25) is 0 Å². The van der Waals surface area contributed by atoms with Crippen LogP contribution in [-0.2, 0) is 0 Å². The average molecular weight is 293 g/mol. The van der Waals surface area contributed by atoms with Crippen molar-refractivity contribution in [2.24, 2.45) is 5.41 Å². The highest BCUT2D eigenvalue weighted by Crippen LogP contribution is 2.23. The van der Waals surface area contributed by atoms with Crippen LogP contribution in [0.3, 0.4) is 0 Å². The molecular formula is C17H27NO3. The van der Waals surface area contributed by atoms with Crippen LogP contribution in [0.1, 0.15) is 44.5 Å². The smallest absolute Gasteiger partial charge is 0.335 e. The summed E-state index contributed by atoms with van der Waals surface area (Å²) in [6.45, 7) is 10.6. The molecular weight excluding hydrogens is 266 g/mol. The number of carboxylic acids is 1. The Balaban J connectivity index is 2.32. The molecule has 21 heavy (non-hydrogen) atoms. The van der Waals surface area contributed by atoms with Gasteiger partial charge in [0.25, 0.3) is 0 Å². The van der Waals surface area contributed by atoms with Crippen LogP contribution >= 0.6 is 0 Å². The van der Waals surface area contributed by atoms with Gasteiger partial charge in [0, 0.05) is 12.6 Å². The second kappa shape index (κ2) is 7.46. The van der Waals surface area contributed by atoms with Crippen LogP contribution < -0.4 is 4.74 Å². The Morgan fingerprint density at radius 1 is 1.29 bits per heavy atom. The number of rotatable bonds is 7. The topological polar surface area (TPSA) is 49.8 Å². The fraction of sp³-hybridized carbons (Fsp3) is 0.588. The van der Waals surface area contributed by atoms with Gasteiger partial charge in [-0.25, -0.2) is 4.79 Å². The number of hydrogen-bond donors (Lipinski definition) is 1. The van der Waals surface area contributed by atoms with Crippen molar-refractivity contribution in [3.63, 3.8) is 0 Å². The van der Waals surface area contributed by atoms with Gasteiger partial charge in [-0.15, -0.1) is 0 Å². The summed E-state index contributed by atoms with van der Waals surface area (Å²) in [7, 11) is 2.14. The zero-order valence-electron chi connectivity index (χ0n) is 13.7. The number of aromatic carboxylic acids is 1. The van der Waals surface area contributed by atoms with Crippen LogP contribution in [-0.4, -0.2) is 42.2 Å². The molecule has 0 aromatic heterocycles. The zero-order valence-corrected chi connectivity index (χ0v) is 13.7. The third-order valence-electron chi connectivity index (χ3n) is 3.94. The molecule has 0 aliphatic heterocycles. The van der Waals surface area contributed by atoms with Gasteiger partial charge in [-0.3, -0.25) is 0 Å². The monoisotopic (exact) mass is 293 g/mol. The number of carboxylic acid groups (broad SMARTS) is 1. The highest BCUT2D eigenvalue weighted by atomic mass is 16.5. The Kier molecular flexibility index (Phi) is 6.21. The van der Waals surface area contributed by atoms with E-state index in [4.69, 9.17) is 9.84 Å². The molecule has 0 bridgehead atoms. The van der Waals surface area contributed by atoms with E-state index in [0.29, 0.717) is 18.4 Å². The minimum Gasteiger partial charge on any atom is -0.494 e. The lowest BCUT2D eigenvalue weighted by molar-refractivity contribution is 0.0697. The fourth-order valence-corrected chi connectivity index (χ4v) is 2.05. The summed E-state index contributed by atoms with van der Waals surface area (Å²) >= 11 is 0. The molecule has 118 valence electrons. The average Bonchev–Trinajstić information content (AvgIpc) is 2.42. The van der Waals surface area contributed by atoms with Crippen molar-refractivity contribution < 1.29 is 14.6 Å². The maximum atomic E-state index is 10.7. The maximum absolute atomic E-state index is 10.7. The van der Waals surface area contributed by atoms with Crippen molar-refractivity contribution in [3.8, 4) is 5.75 Å². The molecule has 0 spiro atoms. The van der Waals surface area contributed by atoms with Crippen LogP contribution in [0.15, 0.2) is 24.3 Å². The molecule has 0 saturated heterocycles. The molecule has 1 atom stereocenters. The van der Waals surface area contributed by atoms with E-state index in [1.807, 2.05) is 0 Å². The first-order valence-corrected chi connectivity index (χ1v) is 7.38. The molecule has 1 N–H and O–H groups in total. The zero-order chi connectivity index (χ0) is 16.0. The fourth-order valence-electron chi connectivity index (χ4n) is 2.05. The molecule has 1 unspecified atom stereocenters. The second-order valence-corrected chi connectivity index (χ2v) is 6.55. The Bertz CT molecular complexity index is 448. The number of carbonyl (C=O) groups is 1. The molecule has 1 rings (SSSR count). The van der Waals surface area contributed by atoms with E-state index in [9.17, 15) is 4.79 Å². The predicted octanol–water partition coefficient (Wildman–Crippen LogP) is 3.52. The Morgan fingerprint density at radius 3 is 2.33 bits per heavy atom. The number of hydrogen-bond acceptors (Lipinski definition) is 3. The molecule has 0 saturated carbocycles. The first-order valence-electron chi connectivity index (χ1n) is 7.38. The molecule has 0 aliphatic rings. The molecule has 1 aromatic carbocycles. The van der Waals surface area contributed by atoms with E-state index >= 15 is 0 Å².